The van der Waals surface area contributed by atoms with Gasteiger partial charge in [0.15, 0.2) is 5.65 Å². The minimum absolute atomic E-state index is 0.295. The SMILES string of the molecule is COc1nc(OC)c2c(CC(C)(C)N)cn(C)c2n1. The molecule has 0 spiro atoms. The third kappa shape index (κ3) is 2.63. The number of hydrogen-bond acceptors (Lipinski definition) is 5. The van der Waals surface area contributed by atoms with Gasteiger partial charge >= 0.3 is 6.01 Å². The van der Waals surface area contributed by atoms with Crippen LogP contribution in [0.2, 0.25) is 0 Å². The van der Waals surface area contributed by atoms with Crippen molar-refractivity contribution in [1.29, 1.82) is 0 Å². The Labute approximate surface area is 112 Å². The zero-order valence-corrected chi connectivity index (χ0v) is 12.0. The predicted octanol–water partition coefficient (Wildman–Crippen LogP) is 1.27. The molecule has 0 unspecified atom stereocenters. The fraction of sp³-hybridized carbons (Fsp3) is 0.538. The van der Waals surface area contributed by atoms with Crippen molar-refractivity contribution in [2.24, 2.45) is 12.8 Å². The van der Waals surface area contributed by atoms with E-state index in [9.17, 15) is 0 Å². The summed E-state index contributed by atoms with van der Waals surface area (Å²) in [5.41, 5.74) is 7.65. The average molecular weight is 264 g/mol. The minimum atomic E-state index is -0.306. The number of hydrogen-bond donors (Lipinski definition) is 1. The zero-order chi connectivity index (χ0) is 14.2. The summed E-state index contributed by atoms with van der Waals surface area (Å²) in [6, 6.07) is 0.295. The topological polar surface area (TPSA) is 75.2 Å². The van der Waals surface area contributed by atoms with Crippen molar-refractivity contribution >= 4 is 11.0 Å². The van der Waals surface area contributed by atoms with Crippen molar-refractivity contribution in [3.63, 3.8) is 0 Å². The Hall–Kier alpha value is -1.82. The number of rotatable bonds is 4. The van der Waals surface area contributed by atoms with Crippen LogP contribution in [0.5, 0.6) is 11.9 Å². The molecule has 2 heterocycles. The average Bonchev–Trinajstić information content (AvgIpc) is 2.63. The summed E-state index contributed by atoms with van der Waals surface area (Å²) >= 11 is 0. The first-order valence-corrected chi connectivity index (χ1v) is 6.08. The highest BCUT2D eigenvalue weighted by Crippen LogP contribution is 2.30. The number of fused-ring (bicyclic) bond motifs is 1. The van der Waals surface area contributed by atoms with Crippen molar-refractivity contribution in [3.05, 3.63) is 11.8 Å². The third-order valence-corrected chi connectivity index (χ3v) is 2.86. The Morgan fingerprint density at radius 2 is 1.95 bits per heavy atom. The molecule has 0 radical (unpaired) electrons. The van der Waals surface area contributed by atoms with E-state index in [4.69, 9.17) is 15.2 Å². The number of ether oxygens (including phenoxy) is 2. The van der Waals surface area contributed by atoms with E-state index in [0.717, 1.165) is 23.0 Å². The van der Waals surface area contributed by atoms with E-state index < -0.39 is 0 Å². The number of methoxy groups -OCH3 is 2. The first kappa shape index (κ1) is 13.6. The van der Waals surface area contributed by atoms with Gasteiger partial charge in [0.25, 0.3) is 0 Å². The molecule has 104 valence electrons. The van der Waals surface area contributed by atoms with Gasteiger partial charge in [0.05, 0.1) is 19.6 Å². The Morgan fingerprint density at radius 1 is 1.26 bits per heavy atom. The number of aromatic nitrogens is 3. The van der Waals surface area contributed by atoms with E-state index in [2.05, 4.69) is 9.97 Å². The molecule has 6 nitrogen and oxygen atoms in total. The van der Waals surface area contributed by atoms with Crippen molar-refractivity contribution in [2.75, 3.05) is 14.2 Å². The van der Waals surface area contributed by atoms with Crippen molar-refractivity contribution in [3.8, 4) is 11.9 Å². The predicted molar refractivity (Wildman–Crippen MR) is 73.6 cm³/mol. The summed E-state index contributed by atoms with van der Waals surface area (Å²) in [6.07, 6.45) is 2.73. The molecule has 0 saturated carbocycles. The van der Waals surface area contributed by atoms with Gasteiger partial charge in [-0.3, -0.25) is 0 Å². The van der Waals surface area contributed by atoms with E-state index in [1.165, 1.54) is 7.11 Å². The Kier molecular flexibility index (Phi) is 3.36. The largest absolute Gasteiger partial charge is 0.480 e. The molecule has 2 N–H and O–H groups in total. The van der Waals surface area contributed by atoms with Crippen LogP contribution in [-0.4, -0.2) is 34.3 Å². The van der Waals surface area contributed by atoms with Crippen molar-refractivity contribution in [2.45, 2.75) is 25.8 Å². The second-order valence-corrected chi connectivity index (χ2v) is 5.35. The molecule has 0 amide bonds. The first-order chi connectivity index (χ1) is 8.85. The summed E-state index contributed by atoms with van der Waals surface area (Å²) in [4.78, 5) is 8.59. The zero-order valence-electron chi connectivity index (χ0n) is 12.0. The van der Waals surface area contributed by atoms with Crippen molar-refractivity contribution in [1.82, 2.24) is 14.5 Å². The molecule has 0 bridgehead atoms. The van der Waals surface area contributed by atoms with Crippen LogP contribution in [0.3, 0.4) is 0 Å². The van der Waals surface area contributed by atoms with E-state index in [1.807, 2.05) is 31.7 Å². The molecular weight excluding hydrogens is 244 g/mol. The molecule has 0 aromatic carbocycles. The molecule has 6 heteroatoms. The van der Waals surface area contributed by atoms with Crippen LogP contribution >= 0.6 is 0 Å². The lowest BCUT2D eigenvalue weighted by Gasteiger charge is -2.17. The van der Waals surface area contributed by atoms with Gasteiger partial charge < -0.3 is 19.8 Å². The minimum Gasteiger partial charge on any atom is -0.480 e. The Morgan fingerprint density at radius 3 is 2.47 bits per heavy atom. The van der Waals surface area contributed by atoms with Gasteiger partial charge in [0.1, 0.15) is 0 Å². The number of aryl methyl sites for hydroxylation is 1. The molecule has 0 aliphatic rings. The molecule has 2 aromatic rings. The quantitative estimate of drug-likeness (QED) is 0.900. The molecule has 0 atom stereocenters. The van der Waals surface area contributed by atoms with Crippen LogP contribution < -0.4 is 15.2 Å². The van der Waals surface area contributed by atoms with E-state index in [-0.39, 0.29) is 5.54 Å². The lowest BCUT2D eigenvalue weighted by atomic mass is 9.96. The molecule has 0 fully saturated rings. The van der Waals surface area contributed by atoms with E-state index in [1.54, 1.807) is 7.11 Å². The van der Waals surface area contributed by atoms with Crippen molar-refractivity contribution < 1.29 is 9.47 Å². The molecule has 2 rings (SSSR count). The number of nitrogens with zero attached hydrogens (tertiary/aromatic N) is 3. The second kappa shape index (κ2) is 4.70. The standard InChI is InChI=1S/C13H20N4O2/c1-13(2,14)6-8-7-17(3)10-9(8)11(18-4)16-12(15-10)19-5/h7H,6,14H2,1-5H3. The highest BCUT2D eigenvalue weighted by Gasteiger charge is 2.21. The molecule has 0 aliphatic carbocycles. The maximum absolute atomic E-state index is 6.10. The Balaban J connectivity index is 2.67. The summed E-state index contributed by atoms with van der Waals surface area (Å²) in [5, 5.41) is 0.893. The smallest absolute Gasteiger partial charge is 0.321 e. The first-order valence-electron chi connectivity index (χ1n) is 6.08. The number of nitrogens with two attached hydrogens (primary N) is 1. The van der Waals surface area contributed by atoms with Gasteiger partial charge in [-0.05, 0) is 25.8 Å². The fourth-order valence-electron chi connectivity index (χ4n) is 2.17. The molecule has 2 aromatic heterocycles. The van der Waals surface area contributed by atoms with Crippen LogP contribution in [0.25, 0.3) is 11.0 Å². The highest BCUT2D eigenvalue weighted by atomic mass is 16.5. The van der Waals surface area contributed by atoms with Gasteiger partial charge in [0, 0.05) is 18.8 Å². The van der Waals surface area contributed by atoms with Gasteiger partial charge in [-0.15, -0.1) is 0 Å². The monoisotopic (exact) mass is 264 g/mol. The molecular formula is C13H20N4O2. The maximum atomic E-state index is 6.10. The lowest BCUT2D eigenvalue weighted by Crippen LogP contribution is -2.34. The highest BCUT2D eigenvalue weighted by molar-refractivity contribution is 5.86. The normalized spacial score (nSPS) is 11.9. The summed E-state index contributed by atoms with van der Waals surface area (Å²) in [7, 11) is 5.06. The van der Waals surface area contributed by atoms with Crippen LogP contribution in [-0.2, 0) is 13.5 Å². The van der Waals surface area contributed by atoms with Gasteiger partial charge in [-0.2, -0.15) is 9.97 Å². The van der Waals surface area contributed by atoms with Gasteiger partial charge in [0.2, 0.25) is 5.88 Å². The summed E-state index contributed by atoms with van der Waals surface area (Å²) in [5.74, 6) is 0.515. The molecule has 19 heavy (non-hydrogen) atoms. The Bertz CT molecular complexity index is 599. The van der Waals surface area contributed by atoms with Crippen LogP contribution in [0, 0.1) is 0 Å². The second-order valence-electron chi connectivity index (χ2n) is 5.35. The summed E-state index contributed by atoms with van der Waals surface area (Å²) < 4.78 is 12.4. The van der Waals surface area contributed by atoms with Gasteiger partial charge in [-0.1, -0.05) is 0 Å². The fourth-order valence-corrected chi connectivity index (χ4v) is 2.17. The molecule has 0 saturated heterocycles. The molecule has 0 aliphatic heterocycles. The van der Waals surface area contributed by atoms with E-state index >= 15 is 0 Å². The van der Waals surface area contributed by atoms with Crippen LogP contribution in [0.15, 0.2) is 6.20 Å². The van der Waals surface area contributed by atoms with E-state index in [0.29, 0.717) is 11.9 Å². The van der Waals surface area contributed by atoms with Gasteiger partial charge in [-0.25, -0.2) is 0 Å². The van der Waals surface area contributed by atoms with Crippen LogP contribution in [0.4, 0.5) is 0 Å². The van der Waals surface area contributed by atoms with Crippen LogP contribution in [0.1, 0.15) is 19.4 Å². The summed E-state index contributed by atoms with van der Waals surface area (Å²) in [6.45, 7) is 3.98. The maximum Gasteiger partial charge on any atom is 0.321 e. The third-order valence-electron chi connectivity index (χ3n) is 2.86. The lowest BCUT2D eigenvalue weighted by molar-refractivity contribution is 0.356.